The predicted octanol–water partition coefficient (Wildman–Crippen LogP) is 3.21. The van der Waals surface area contributed by atoms with E-state index < -0.39 is 10.0 Å². The van der Waals surface area contributed by atoms with Crippen molar-refractivity contribution in [2.75, 3.05) is 5.75 Å². The van der Waals surface area contributed by atoms with Gasteiger partial charge >= 0.3 is 0 Å². The second kappa shape index (κ2) is 7.08. The molecule has 0 saturated heterocycles. The number of primary sulfonamides is 1. The van der Waals surface area contributed by atoms with E-state index in [4.69, 9.17) is 5.14 Å². The number of sulfonamides is 1. The summed E-state index contributed by atoms with van der Waals surface area (Å²) in [7, 11) is -3.69. The number of rotatable bonds is 6. The number of nitrogens with two attached hydrogens (primary N) is 1. The van der Waals surface area contributed by atoms with Gasteiger partial charge in [0.1, 0.15) is 0 Å². The van der Waals surface area contributed by atoms with Crippen molar-refractivity contribution in [3.63, 3.8) is 0 Å². The molecular formula is C20H28N2O3S2. The fourth-order valence-corrected chi connectivity index (χ4v) is 7.84. The average molecular weight is 409 g/mol. The highest BCUT2D eigenvalue weighted by molar-refractivity contribution is 8.01. The molecule has 3 N–H and O–H groups in total. The number of nitrogens with one attached hydrogen (secondary N) is 1. The Labute approximate surface area is 165 Å². The maximum absolute atomic E-state index is 12.5. The number of amides is 1. The topological polar surface area (TPSA) is 89.3 Å². The molecule has 7 heteroatoms. The molecule has 1 amide bonds. The van der Waals surface area contributed by atoms with Crippen molar-refractivity contribution in [3.8, 4) is 0 Å². The molecule has 0 aromatic heterocycles. The second-order valence-electron chi connectivity index (χ2n) is 8.79. The van der Waals surface area contributed by atoms with Crippen molar-refractivity contribution in [2.24, 2.45) is 22.9 Å². The first-order valence-corrected chi connectivity index (χ1v) is 12.3. The fourth-order valence-electron chi connectivity index (χ4n) is 5.74. The predicted molar refractivity (Wildman–Crippen MR) is 108 cm³/mol. The first-order valence-electron chi connectivity index (χ1n) is 9.78. The smallest absolute Gasteiger partial charge is 0.238 e. The molecule has 0 spiro atoms. The lowest BCUT2D eigenvalue weighted by molar-refractivity contribution is -0.119. The van der Waals surface area contributed by atoms with Crippen LogP contribution in [-0.4, -0.2) is 24.8 Å². The number of carbonyl (C=O) groups is 1. The van der Waals surface area contributed by atoms with E-state index in [-0.39, 0.29) is 16.8 Å². The summed E-state index contributed by atoms with van der Waals surface area (Å²) in [6.07, 6.45) is 8.12. The Kier molecular flexibility index (Phi) is 5.06. The summed E-state index contributed by atoms with van der Waals surface area (Å²) < 4.78 is 23.0. The summed E-state index contributed by atoms with van der Waals surface area (Å²) in [6.45, 7) is 1.92. The number of benzene rings is 1. The summed E-state index contributed by atoms with van der Waals surface area (Å²) in [4.78, 5) is 12.6. The highest BCUT2D eigenvalue weighted by atomic mass is 32.2. The molecule has 4 bridgehead atoms. The maximum atomic E-state index is 12.5. The summed E-state index contributed by atoms with van der Waals surface area (Å²) in [5.41, 5.74) is 0.871. The average Bonchev–Trinajstić information content (AvgIpc) is 2.58. The third-order valence-electron chi connectivity index (χ3n) is 6.58. The molecule has 4 fully saturated rings. The van der Waals surface area contributed by atoms with Crippen LogP contribution < -0.4 is 10.5 Å². The molecule has 0 unspecified atom stereocenters. The molecule has 0 heterocycles. The van der Waals surface area contributed by atoms with E-state index in [0.717, 1.165) is 23.3 Å². The Bertz CT molecular complexity index is 785. The van der Waals surface area contributed by atoms with Crippen molar-refractivity contribution in [1.82, 2.24) is 5.32 Å². The third-order valence-corrected chi connectivity index (χ3v) is 9.03. The molecule has 1 atom stereocenters. The van der Waals surface area contributed by atoms with Gasteiger partial charge in [-0.05, 0) is 80.9 Å². The molecule has 4 saturated carbocycles. The Balaban J connectivity index is 1.32. The van der Waals surface area contributed by atoms with Gasteiger partial charge in [-0.2, -0.15) is 0 Å². The number of thioether (sulfide) groups is 1. The molecule has 4 aliphatic rings. The van der Waals surface area contributed by atoms with Gasteiger partial charge in [0.25, 0.3) is 0 Å². The van der Waals surface area contributed by atoms with Gasteiger partial charge in [0.15, 0.2) is 0 Å². The molecule has 148 valence electrons. The van der Waals surface area contributed by atoms with Gasteiger partial charge in [-0.3, -0.25) is 4.79 Å². The summed E-state index contributed by atoms with van der Waals surface area (Å²) in [5, 5.41) is 8.17. The number of hydrogen-bond acceptors (Lipinski definition) is 4. The largest absolute Gasteiger partial charge is 0.349 e. The van der Waals surface area contributed by atoms with Gasteiger partial charge in [0, 0.05) is 4.75 Å². The zero-order valence-corrected chi connectivity index (χ0v) is 17.3. The summed E-state index contributed by atoms with van der Waals surface area (Å²) in [5.74, 6) is 3.24. The van der Waals surface area contributed by atoms with Crippen LogP contribution in [-0.2, 0) is 14.8 Å². The lowest BCUT2D eigenvalue weighted by Gasteiger charge is -2.56. The Morgan fingerprint density at radius 1 is 1.15 bits per heavy atom. The summed E-state index contributed by atoms with van der Waals surface area (Å²) in [6, 6.07) is 6.21. The van der Waals surface area contributed by atoms with Gasteiger partial charge in [-0.25, -0.2) is 13.6 Å². The Hall–Kier alpha value is -1.05. The summed E-state index contributed by atoms with van der Waals surface area (Å²) >= 11 is 1.88. The molecule has 4 aliphatic carbocycles. The Morgan fingerprint density at radius 2 is 1.67 bits per heavy atom. The molecule has 27 heavy (non-hydrogen) atoms. The van der Waals surface area contributed by atoms with E-state index in [1.165, 1.54) is 50.7 Å². The van der Waals surface area contributed by atoms with E-state index in [0.29, 0.717) is 10.5 Å². The van der Waals surface area contributed by atoms with Crippen LogP contribution in [0.2, 0.25) is 0 Å². The quantitative estimate of drug-likeness (QED) is 0.756. The fraction of sp³-hybridized carbons (Fsp3) is 0.650. The lowest BCUT2D eigenvalue weighted by atomic mass is 9.56. The van der Waals surface area contributed by atoms with Gasteiger partial charge < -0.3 is 5.32 Å². The van der Waals surface area contributed by atoms with Crippen LogP contribution in [0.5, 0.6) is 0 Å². The van der Waals surface area contributed by atoms with Crippen molar-refractivity contribution in [2.45, 2.75) is 61.1 Å². The van der Waals surface area contributed by atoms with E-state index in [1.54, 1.807) is 12.1 Å². The zero-order valence-electron chi connectivity index (χ0n) is 15.7. The minimum Gasteiger partial charge on any atom is -0.349 e. The maximum Gasteiger partial charge on any atom is 0.238 e. The highest BCUT2D eigenvalue weighted by Gasteiger charge is 2.51. The minimum absolute atomic E-state index is 0.0544. The van der Waals surface area contributed by atoms with Crippen LogP contribution in [0.3, 0.4) is 0 Å². The SMILES string of the molecule is C[C@H](NC(=O)CSC12CC3CC(CC(C3)C1)C2)c1ccc(S(N)(=O)=O)cc1. The zero-order chi connectivity index (χ0) is 19.2. The second-order valence-corrected chi connectivity index (χ2v) is 11.8. The van der Waals surface area contributed by atoms with Crippen LogP contribution in [0.15, 0.2) is 29.2 Å². The van der Waals surface area contributed by atoms with E-state index >= 15 is 0 Å². The standard InChI is InChI=1S/C20H28N2O3S2/c1-13(17-2-4-18(5-3-17)27(21,24)25)22-19(23)12-26-20-9-14-6-15(10-20)8-16(7-14)11-20/h2-5,13-16H,6-12H2,1H3,(H,22,23)(H2,21,24,25)/t13-,14?,15?,16?,20?/m0/s1. The number of carbonyl (C=O) groups excluding carboxylic acids is 1. The molecule has 5 rings (SSSR count). The van der Waals surface area contributed by atoms with Crippen LogP contribution in [0, 0.1) is 17.8 Å². The van der Waals surface area contributed by atoms with Gasteiger partial charge in [0.2, 0.25) is 15.9 Å². The van der Waals surface area contributed by atoms with Crippen molar-refractivity contribution in [3.05, 3.63) is 29.8 Å². The van der Waals surface area contributed by atoms with Crippen LogP contribution in [0.4, 0.5) is 0 Å². The normalized spacial score (nSPS) is 33.0. The van der Waals surface area contributed by atoms with Gasteiger partial charge in [-0.15, -0.1) is 11.8 Å². The van der Waals surface area contributed by atoms with Gasteiger partial charge in [0.05, 0.1) is 16.7 Å². The van der Waals surface area contributed by atoms with E-state index in [9.17, 15) is 13.2 Å². The van der Waals surface area contributed by atoms with Gasteiger partial charge in [-0.1, -0.05) is 12.1 Å². The lowest BCUT2D eigenvalue weighted by Crippen LogP contribution is -2.49. The third kappa shape index (κ3) is 4.20. The first-order chi connectivity index (χ1) is 12.7. The molecule has 0 radical (unpaired) electrons. The molecule has 0 aliphatic heterocycles. The van der Waals surface area contributed by atoms with Crippen LogP contribution in [0.25, 0.3) is 0 Å². The van der Waals surface area contributed by atoms with Crippen molar-refractivity contribution in [1.29, 1.82) is 0 Å². The van der Waals surface area contributed by atoms with Crippen molar-refractivity contribution >= 4 is 27.7 Å². The monoisotopic (exact) mass is 408 g/mol. The van der Waals surface area contributed by atoms with Crippen molar-refractivity contribution < 1.29 is 13.2 Å². The molecule has 1 aromatic rings. The minimum atomic E-state index is -3.69. The number of hydrogen-bond donors (Lipinski definition) is 2. The first kappa shape index (κ1) is 19.3. The molecule has 5 nitrogen and oxygen atoms in total. The van der Waals surface area contributed by atoms with Crippen LogP contribution in [0.1, 0.15) is 57.1 Å². The molecular weight excluding hydrogens is 380 g/mol. The highest BCUT2D eigenvalue weighted by Crippen LogP contribution is 2.60. The molecule has 1 aromatic carbocycles. The Morgan fingerprint density at radius 3 is 2.15 bits per heavy atom. The van der Waals surface area contributed by atoms with E-state index in [1.807, 2.05) is 18.7 Å². The van der Waals surface area contributed by atoms with E-state index in [2.05, 4.69) is 5.32 Å². The van der Waals surface area contributed by atoms with Crippen LogP contribution >= 0.6 is 11.8 Å².